The van der Waals surface area contributed by atoms with Gasteiger partial charge in [0, 0.05) is 51.0 Å². The van der Waals surface area contributed by atoms with Crippen molar-refractivity contribution in [2.45, 2.75) is 103 Å². The van der Waals surface area contributed by atoms with Gasteiger partial charge in [0.05, 0.1) is 18.2 Å². The minimum absolute atomic E-state index is 0.0585. The summed E-state index contributed by atoms with van der Waals surface area (Å²) in [6, 6.07) is 2.69. The van der Waals surface area contributed by atoms with Crippen molar-refractivity contribution in [2.75, 3.05) is 26.7 Å². The van der Waals surface area contributed by atoms with Crippen molar-refractivity contribution in [1.82, 2.24) is 20.0 Å². The third kappa shape index (κ3) is 6.55. The number of rotatable bonds is 8. The van der Waals surface area contributed by atoms with E-state index in [1.54, 1.807) is 4.90 Å². The molecule has 1 unspecified atom stereocenters. The van der Waals surface area contributed by atoms with E-state index < -0.39 is 35.3 Å². The molecule has 4 aliphatic rings. The molecule has 240 valence electrons. The van der Waals surface area contributed by atoms with E-state index >= 15 is 0 Å². The van der Waals surface area contributed by atoms with Crippen molar-refractivity contribution >= 4 is 29.7 Å². The summed E-state index contributed by atoms with van der Waals surface area (Å²) in [6.45, 7) is 12.4. The number of likely N-dealkylation sites (tertiary alicyclic amines) is 1. The van der Waals surface area contributed by atoms with Gasteiger partial charge >= 0.3 is 6.09 Å². The van der Waals surface area contributed by atoms with Crippen molar-refractivity contribution < 1.29 is 38.2 Å². The van der Waals surface area contributed by atoms with Crippen LogP contribution in [0.15, 0.2) is 12.1 Å². The Balaban J connectivity index is 1.18. The first kappa shape index (κ1) is 31.7. The fourth-order valence-electron chi connectivity index (χ4n) is 6.52. The molecule has 2 saturated heterocycles. The Bertz CT molecular complexity index is 1320. The average molecular weight is 613 g/mol. The van der Waals surface area contributed by atoms with E-state index in [2.05, 4.69) is 24.1 Å². The van der Waals surface area contributed by atoms with Gasteiger partial charge in [0.2, 0.25) is 11.8 Å². The Labute approximate surface area is 258 Å². The molecule has 1 aromatic carbocycles. The first-order valence-corrected chi connectivity index (χ1v) is 15.6. The molecule has 12 heteroatoms. The highest BCUT2D eigenvalue weighted by Crippen LogP contribution is 2.40. The monoisotopic (exact) mass is 612 g/mol. The number of hydrogen-bond donors (Lipinski definition) is 1. The summed E-state index contributed by atoms with van der Waals surface area (Å²) in [6.07, 6.45) is 3.31. The third-order valence-electron chi connectivity index (χ3n) is 8.96. The summed E-state index contributed by atoms with van der Waals surface area (Å²) >= 11 is 0. The molecule has 3 fully saturated rings. The maximum Gasteiger partial charge on any atom is 0.410 e. The molecule has 0 bridgehead atoms. The number of nitrogens with one attached hydrogen (secondary N) is 1. The summed E-state index contributed by atoms with van der Waals surface area (Å²) in [4.78, 5) is 68.2. The van der Waals surface area contributed by atoms with Crippen LogP contribution in [0.3, 0.4) is 0 Å². The summed E-state index contributed by atoms with van der Waals surface area (Å²) in [5.41, 5.74) is -0.190. The molecule has 1 N–H and O–H groups in total. The van der Waals surface area contributed by atoms with Crippen LogP contribution in [0.4, 0.5) is 4.79 Å². The molecule has 5 amide bonds. The molecule has 1 aromatic rings. The van der Waals surface area contributed by atoms with Crippen molar-refractivity contribution in [3.8, 4) is 11.5 Å². The Kier molecular flexibility index (Phi) is 8.93. The number of carbonyl (C=O) groups excluding carboxylic acids is 5. The molecule has 0 spiro atoms. The normalized spacial score (nSPS) is 24.4. The van der Waals surface area contributed by atoms with Crippen LogP contribution in [0.25, 0.3) is 0 Å². The van der Waals surface area contributed by atoms with Gasteiger partial charge < -0.3 is 19.1 Å². The van der Waals surface area contributed by atoms with Gasteiger partial charge in [0.25, 0.3) is 11.8 Å². The number of imide groups is 2. The smallest absolute Gasteiger partial charge is 0.410 e. The van der Waals surface area contributed by atoms with Gasteiger partial charge in [0.15, 0.2) is 11.5 Å². The minimum Gasteiger partial charge on any atom is -0.493 e. The first-order chi connectivity index (χ1) is 20.8. The van der Waals surface area contributed by atoms with Crippen LogP contribution in [0.2, 0.25) is 0 Å². The van der Waals surface area contributed by atoms with Crippen LogP contribution in [-0.4, -0.2) is 101 Å². The average Bonchev–Trinajstić information content (AvgIpc) is 3.16. The number of carbonyl (C=O) groups is 5. The molecule has 3 aliphatic heterocycles. The fourth-order valence-corrected chi connectivity index (χ4v) is 6.52. The van der Waals surface area contributed by atoms with Gasteiger partial charge in [0.1, 0.15) is 17.7 Å². The lowest BCUT2D eigenvalue weighted by Gasteiger charge is -2.46. The Morgan fingerprint density at radius 2 is 1.61 bits per heavy atom. The minimum atomic E-state index is -1.03. The predicted molar refractivity (Wildman–Crippen MR) is 159 cm³/mol. The number of piperidine rings is 2. The predicted octanol–water partition coefficient (Wildman–Crippen LogP) is 3.36. The second-order valence-electron chi connectivity index (χ2n) is 13.6. The summed E-state index contributed by atoms with van der Waals surface area (Å²) in [5.74, 6) is -1.02. The second-order valence-corrected chi connectivity index (χ2v) is 13.6. The largest absolute Gasteiger partial charge is 0.493 e. The van der Waals surface area contributed by atoms with Crippen LogP contribution < -0.4 is 14.8 Å². The Morgan fingerprint density at radius 3 is 2.16 bits per heavy atom. The van der Waals surface area contributed by atoms with Gasteiger partial charge in [-0.3, -0.25) is 34.3 Å². The number of hydrogen-bond acceptors (Lipinski definition) is 9. The van der Waals surface area contributed by atoms with E-state index in [1.165, 1.54) is 19.2 Å². The molecular formula is C32H44N4O8. The van der Waals surface area contributed by atoms with Gasteiger partial charge in [-0.25, -0.2) is 4.79 Å². The number of ether oxygens (including phenoxy) is 3. The zero-order valence-corrected chi connectivity index (χ0v) is 26.5. The number of fused-ring (bicyclic) bond motifs is 1. The molecule has 1 aliphatic carbocycles. The maximum absolute atomic E-state index is 13.3. The number of benzene rings is 1. The molecule has 1 atom stereocenters. The molecule has 3 heterocycles. The van der Waals surface area contributed by atoms with E-state index in [0.717, 1.165) is 37.1 Å². The highest BCUT2D eigenvalue weighted by Gasteiger charge is 2.46. The fraction of sp³-hybridized carbons (Fsp3) is 0.656. The molecular weight excluding hydrogens is 568 g/mol. The first-order valence-electron chi connectivity index (χ1n) is 15.6. The summed E-state index contributed by atoms with van der Waals surface area (Å²) < 4.78 is 17.4. The van der Waals surface area contributed by atoms with Gasteiger partial charge in [-0.1, -0.05) is 0 Å². The van der Waals surface area contributed by atoms with Gasteiger partial charge in [-0.2, -0.15) is 0 Å². The quantitative estimate of drug-likeness (QED) is 0.439. The molecule has 12 nitrogen and oxygen atoms in total. The third-order valence-corrected chi connectivity index (χ3v) is 8.96. The number of methoxy groups -OCH3 is 1. The van der Waals surface area contributed by atoms with Crippen LogP contribution >= 0.6 is 0 Å². The molecule has 0 aromatic heterocycles. The van der Waals surface area contributed by atoms with Crippen molar-refractivity contribution in [3.63, 3.8) is 0 Å². The number of amides is 5. The van der Waals surface area contributed by atoms with Crippen molar-refractivity contribution in [2.24, 2.45) is 5.92 Å². The van der Waals surface area contributed by atoms with E-state index in [0.29, 0.717) is 42.6 Å². The van der Waals surface area contributed by atoms with Crippen molar-refractivity contribution in [1.29, 1.82) is 0 Å². The lowest BCUT2D eigenvalue weighted by molar-refractivity contribution is -0.136. The summed E-state index contributed by atoms with van der Waals surface area (Å²) in [5, 5.41) is 2.21. The lowest BCUT2D eigenvalue weighted by Crippen LogP contribution is -2.54. The molecule has 5 rings (SSSR count). The Morgan fingerprint density at radius 1 is 1.00 bits per heavy atom. The van der Waals surface area contributed by atoms with Crippen LogP contribution in [0, 0.1) is 5.92 Å². The number of nitrogens with zero attached hydrogens (tertiary/aromatic N) is 3. The highest BCUT2D eigenvalue weighted by atomic mass is 16.6. The molecule has 44 heavy (non-hydrogen) atoms. The van der Waals surface area contributed by atoms with Crippen LogP contribution in [-0.2, 0) is 14.3 Å². The standard InChI is InChI=1S/C32H44N4O8/c1-18(2)35(17-19-9-11-34(12-10-19)31(41)44-32(3,4)5)20-13-21(14-20)43-26-16-23-22(15-25(26)42-6)29(39)36(30(23)40)24-7-8-27(37)33-28(24)38/h15-16,18-21,24H,7-14,17H2,1-6H3,(H,33,37,38). The topological polar surface area (TPSA) is 135 Å². The van der Waals surface area contributed by atoms with Crippen LogP contribution in [0.1, 0.15) is 93.9 Å². The molecule has 0 radical (unpaired) electrons. The lowest BCUT2D eigenvalue weighted by atomic mass is 9.85. The van der Waals surface area contributed by atoms with E-state index in [-0.39, 0.29) is 36.2 Å². The maximum atomic E-state index is 13.3. The van der Waals surface area contributed by atoms with Gasteiger partial charge in [-0.15, -0.1) is 0 Å². The van der Waals surface area contributed by atoms with Gasteiger partial charge in [-0.05, 0) is 71.9 Å². The zero-order chi connectivity index (χ0) is 31.9. The zero-order valence-electron chi connectivity index (χ0n) is 26.5. The Hall–Kier alpha value is -3.67. The highest BCUT2D eigenvalue weighted by molar-refractivity contribution is 6.23. The van der Waals surface area contributed by atoms with E-state index in [9.17, 15) is 24.0 Å². The van der Waals surface area contributed by atoms with E-state index in [4.69, 9.17) is 14.2 Å². The SMILES string of the molecule is COc1cc2c(cc1OC1CC(N(CC3CCN(C(=O)OC(C)(C)C)CC3)C(C)C)C1)C(=O)N(C1CCC(=O)NC1=O)C2=O. The molecule has 1 saturated carbocycles. The van der Waals surface area contributed by atoms with Crippen LogP contribution in [0.5, 0.6) is 11.5 Å². The summed E-state index contributed by atoms with van der Waals surface area (Å²) in [7, 11) is 1.48. The second kappa shape index (κ2) is 12.4. The van der Waals surface area contributed by atoms with Crippen molar-refractivity contribution in [3.05, 3.63) is 23.3 Å². The van der Waals surface area contributed by atoms with E-state index in [1.807, 2.05) is 20.8 Å².